The Morgan fingerprint density at radius 2 is 1.73 bits per heavy atom. The number of aromatic nitrogens is 2. The van der Waals surface area contributed by atoms with E-state index in [1.54, 1.807) is 13.2 Å². The summed E-state index contributed by atoms with van der Waals surface area (Å²) in [5.41, 5.74) is 3.03. The maximum Gasteiger partial charge on any atom is 1.00 e. The van der Waals surface area contributed by atoms with Crippen molar-refractivity contribution in [3.05, 3.63) is 46.4 Å². The monoisotopic (exact) mass is 485 g/mol. The SMILES string of the molecule is CC(C)c1cc(NC(=O)[N-]S(=O)(=O)N(c2cnn(C)c2)C2CCOCC2)cc(C(C)C)c1.[Na+]. The summed E-state index contributed by atoms with van der Waals surface area (Å²) < 4.78 is 38.1. The van der Waals surface area contributed by atoms with Gasteiger partial charge >= 0.3 is 29.6 Å². The minimum atomic E-state index is -4.30. The molecule has 2 aromatic rings. The molecule has 33 heavy (non-hydrogen) atoms. The minimum Gasteiger partial charge on any atom is -0.424 e. The van der Waals surface area contributed by atoms with E-state index >= 15 is 0 Å². The van der Waals surface area contributed by atoms with Gasteiger partial charge in [0.2, 0.25) is 0 Å². The van der Waals surface area contributed by atoms with Gasteiger partial charge in [0.15, 0.2) is 6.03 Å². The average Bonchev–Trinajstić information content (AvgIpc) is 3.13. The number of benzene rings is 1. The largest absolute Gasteiger partial charge is 1.00 e. The van der Waals surface area contributed by atoms with Crippen LogP contribution in [0.2, 0.25) is 0 Å². The molecule has 1 fully saturated rings. The van der Waals surface area contributed by atoms with Crippen LogP contribution in [0.5, 0.6) is 0 Å². The zero-order valence-electron chi connectivity index (χ0n) is 20.3. The van der Waals surface area contributed by atoms with Crippen LogP contribution in [0, 0.1) is 0 Å². The second kappa shape index (κ2) is 11.7. The number of hydrogen-bond acceptors (Lipinski definition) is 5. The summed E-state index contributed by atoms with van der Waals surface area (Å²) in [6.45, 7) is 9.17. The summed E-state index contributed by atoms with van der Waals surface area (Å²) in [6, 6.07) is 4.53. The number of hydrogen-bond donors (Lipinski definition) is 1. The molecular formula is C22H32N5NaO4S. The third-order valence-corrected chi connectivity index (χ3v) is 6.88. The van der Waals surface area contributed by atoms with E-state index in [4.69, 9.17) is 4.74 Å². The van der Waals surface area contributed by atoms with Gasteiger partial charge in [0.1, 0.15) is 0 Å². The molecular weight excluding hydrogens is 453 g/mol. The number of anilines is 2. The fraction of sp³-hybridized carbons (Fsp3) is 0.545. The second-order valence-corrected chi connectivity index (χ2v) is 10.2. The van der Waals surface area contributed by atoms with Crippen LogP contribution < -0.4 is 39.2 Å². The molecule has 1 aliphatic rings. The fourth-order valence-corrected chi connectivity index (χ4v) is 4.98. The summed E-state index contributed by atoms with van der Waals surface area (Å²) in [5.74, 6) is 0.527. The molecule has 1 N–H and O–H groups in total. The van der Waals surface area contributed by atoms with Gasteiger partial charge in [-0.3, -0.25) is 13.8 Å². The Bertz CT molecular complexity index is 1020. The average molecular weight is 486 g/mol. The molecule has 1 aromatic heterocycles. The number of urea groups is 1. The minimum absolute atomic E-state index is 0. The number of carbonyl (C=O) groups is 1. The van der Waals surface area contributed by atoms with E-state index in [1.807, 2.05) is 12.1 Å². The first kappa shape index (κ1) is 27.7. The van der Waals surface area contributed by atoms with Crippen molar-refractivity contribution >= 4 is 27.6 Å². The molecule has 0 saturated carbocycles. The van der Waals surface area contributed by atoms with Gasteiger partial charge in [-0.1, -0.05) is 45.9 Å². The third kappa shape index (κ3) is 7.19. The molecule has 3 rings (SSSR count). The van der Waals surface area contributed by atoms with Crippen molar-refractivity contribution in [1.29, 1.82) is 0 Å². The molecule has 2 amide bonds. The Labute approximate surface area is 218 Å². The Kier molecular flexibility index (Phi) is 9.81. The molecule has 1 saturated heterocycles. The normalized spacial score (nSPS) is 14.8. The molecule has 1 aromatic carbocycles. The van der Waals surface area contributed by atoms with Gasteiger partial charge in [0.05, 0.1) is 11.9 Å². The van der Waals surface area contributed by atoms with E-state index in [1.165, 1.54) is 15.2 Å². The van der Waals surface area contributed by atoms with Crippen molar-refractivity contribution in [2.24, 2.45) is 7.05 Å². The van der Waals surface area contributed by atoms with E-state index in [-0.39, 0.29) is 47.4 Å². The van der Waals surface area contributed by atoms with Crippen molar-refractivity contribution in [2.45, 2.75) is 58.4 Å². The fourth-order valence-electron chi connectivity index (χ4n) is 3.68. The molecule has 0 atom stereocenters. The number of nitrogens with one attached hydrogen (secondary N) is 1. The topological polar surface area (TPSA) is 108 Å². The van der Waals surface area contributed by atoms with Gasteiger partial charge in [0.25, 0.3) is 10.2 Å². The standard InChI is InChI=1S/C22H33N5O4S.Na/c1-15(2)17-10-18(16(3)4)12-19(11-17)24-22(28)25-32(29,30)27(20-6-8-31-9-7-20)21-13-23-26(5)14-21;/h10-16,20H,6-9H2,1-5H3,(H2,24,25,28);/q;+1/p-1. The van der Waals surface area contributed by atoms with Crippen LogP contribution in [-0.2, 0) is 22.0 Å². The van der Waals surface area contributed by atoms with E-state index in [0.29, 0.717) is 37.4 Å². The van der Waals surface area contributed by atoms with Crippen molar-refractivity contribution in [3.8, 4) is 0 Å². The van der Waals surface area contributed by atoms with Crippen molar-refractivity contribution in [1.82, 2.24) is 9.78 Å². The molecule has 0 aliphatic carbocycles. The molecule has 2 heterocycles. The first-order chi connectivity index (χ1) is 15.1. The van der Waals surface area contributed by atoms with E-state index < -0.39 is 16.2 Å². The predicted molar refractivity (Wildman–Crippen MR) is 125 cm³/mol. The van der Waals surface area contributed by atoms with Crippen LogP contribution in [0.1, 0.15) is 63.5 Å². The van der Waals surface area contributed by atoms with Crippen LogP contribution in [0.25, 0.3) is 4.72 Å². The van der Waals surface area contributed by atoms with Crippen molar-refractivity contribution in [3.63, 3.8) is 0 Å². The summed E-state index contributed by atoms with van der Waals surface area (Å²) in [5, 5.41) is 6.73. The first-order valence-corrected chi connectivity index (χ1v) is 12.3. The Balaban J connectivity index is 0.00000385. The summed E-state index contributed by atoms with van der Waals surface area (Å²) in [7, 11) is -2.59. The van der Waals surface area contributed by atoms with E-state index in [0.717, 1.165) is 11.1 Å². The van der Waals surface area contributed by atoms with Crippen LogP contribution >= 0.6 is 0 Å². The Morgan fingerprint density at radius 1 is 1.15 bits per heavy atom. The number of nitrogens with zero attached hydrogens (tertiary/aromatic N) is 4. The Hall–Kier alpha value is -1.59. The van der Waals surface area contributed by atoms with Gasteiger partial charge in [-0.05, 0) is 41.5 Å². The summed E-state index contributed by atoms with van der Waals surface area (Å²) in [4.78, 5) is 12.7. The van der Waals surface area contributed by atoms with Gasteiger partial charge in [-0.2, -0.15) is 5.10 Å². The maximum atomic E-state index is 13.2. The van der Waals surface area contributed by atoms with Crippen molar-refractivity contribution in [2.75, 3.05) is 22.8 Å². The zero-order valence-corrected chi connectivity index (χ0v) is 23.1. The number of ether oxygens (including phenoxy) is 1. The summed E-state index contributed by atoms with van der Waals surface area (Å²) >= 11 is 0. The number of aryl methyl sites for hydroxylation is 1. The molecule has 176 valence electrons. The molecule has 1 aliphatic heterocycles. The zero-order chi connectivity index (χ0) is 23.5. The van der Waals surface area contributed by atoms with Gasteiger partial charge in [-0.15, -0.1) is 0 Å². The van der Waals surface area contributed by atoms with Crippen LogP contribution in [0.15, 0.2) is 30.6 Å². The number of rotatable bonds is 7. The molecule has 9 nitrogen and oxygen atoms in total. The molecule has 0 bridgehead atoms. The summed E-state index contributed by atoms with van der Waals surface area (Å²) in [6.07, 6.45) is 4.09. The Morgan fingerprint density at radius 3 is 2.21 bits per heavy atom. The van der Waals surface area contributed by atoms with Crippen LogP contribution in [0.3, 0.4) is 0 Å². The third-order valence-electron chi connectivity index (χ3n) is 5.48. The van der Waals surface area contributed by atoms with Crippen LogP contribution in [-0.4, -0.2) is 43.5 Å². The quantitative estimate of drug-likeness (QED) is 0.598. The van der Waals surface area contributed by atoms with Crippen LogP contribution in [0.4, 0.5) is 16.2 Å². The van der Waals surface area contributed by atoms with Gasteiger partial charge in [0, 0.05) is 32.5 Å². The first-order valence-electron chi connectivity index (χ1n) is 10.9. The van der Waals surface area contributed by atoms with Crippen molar-refractivity contribution < 1.29 is 47.5 Å². The van der Waals surface area contributed by atoms with Gasteiger partial charge < -0.3 is 14.8 Å². The predicted octanol–water partition coefficient (Wildman–Crippen LogP) is 1.51. The number of amides is 2. The van der Waals surface area contributed by atoms with Gasteiger partial charge in [-0.25, -0.2) is 8.42 Å². The molecule has 0 radical (unpaired) electrons. The number of carbonyl (C=O) groups excluding carboxylic acids is 1. The maximum absolute atomic E-state index is 13.2. The molecule has 0 spiro atoms. The van der Waals surface area contributed by atoms with E-state index in [9.17, 15) is 13.2 Å². The smallest absolute Gasteiger partial charge is 0.424 e. The van der Waals surface area contributed by atoms with E-state index in [2.05, 4.69) is 48.9 Å². The molecule has 0 unspecified atom stereocenters. The molecule has 11 heteroatoms. The second-order valence-electron chi connectivity index (χ2n) is 8.71.